The average molecular weight is 499 g/mol. The molecule has 4 saturated carbocycles. The lowest BCUT2D eigenvalue weighted by atomic mass is 9.43. The quantitative estimate of drug-likeness (QED) is 0.398. The second-order valence-corrected chi connectivity index (χ2v) is 14.3. The van der Waals surface area contributed by atoms with Gasteiger partial charge in [0.1, 0.15) is 0 Å². The fraction of sp³-hybridized carbons (Fsp3) is 0.962. The number of rotatable bonds is 7. The van der Waals surface area contributed by atoms with Crippen molar-refractivity contribution in [1.29, 1.82) is 0 Å². The van der Waals surface area contributed by atoms with Crippen molar-refractivity contribution in [1.82, 2.24) is 5.32 Å². The molecule has 0 aliphatic heterocycles. The molecule has 10 atom stereocenters. The van der Waals surface area contributed by atoms with Gasteiger partial charge in [0, 0.05) is 19.0 Å². The van der Waals surface area contributed by atoms with Crippen molar-refractivity contribution >= 4 is 16.0 Å². The first-order valence-electron chi connectivity index (χ1n) is 13.5. The molecule has 4 aliphatic rings. The van der Waals surface area contributed by atoms with Crippen LogP contribution in [0, 0.1) is 46.3 Å². The Morgan fingerprint density at radius 3 is 2.47 bits per heavy atom. The molecule has 4 aliphatic carbocycles. The highest BCUT2D eigenvalue weighted by Gasteiger charge is 2.62. The molecule has 0 heterocycles. The molecule has 34 heavy (non-hydrogen) atoms. The van der Waals surface area contributed by atoms with Gasteiger partial charge in [-0.1, -0.05) is 20.8 Å². The van der Waals surface area contributed by atoms with E-state index >= 15 is 0 Å². The Kier molecular flexibility index (Phi) is 7.47. The van der Waals surface area contributed by atoms with Crippen LogP contribution in [0.1, 0.15) is 85.0 Å². The van der Waals surface area contributed by atoms with Crippen LogP contribution in [0.2, 0.25) is 0 Å². The van der Waals surface area contributed by atoms with Crippen molar-refractivity contribution < 1.29 is 22.9 Å². The summed E-state index contributed by atoms with van der Waals surface area (Å²) < 4.78 is 30.5. The largest absolute Gasteiger partial charge is 0.393 e. The van der Waals surface area contributed by atoms with Crippen LogP contribution in [0.25, 0.3) is 0 Å². The van der Waals surface area contributed by atoms with Crippen LogP contribution in [0.15, 0.2) is 0 Å². The van der Waals surface area contributed by atoms with Crippen LogP contribution in [0.4, 0.5) is 0 Å². The highest BCUT2D eigenvalue weighted by Crippen LogP contribution is 2.68. The fourth-order valence-corrected chi connectivity index (χ4v) is 9.60. The summed E-state index contributed by atoms with van der Waals surface area (Å²) in [5.41, 5.74) is 7.49. The molecule has 0 aromatic heterocycles. The van der Waals surface area contributed by atoms with Crippen molar-refractivity contribution in [3.05, 3.63) is 0 Å². The van der Waals surface area contributed by atoms with Gasteiger partial charge < -0.3 is 16.2 Å². The molecule has 7 nitrogen and oxygen atoms in total. The van der Waals surface area contributed by atoms with Gasteiger partial charge in [-0.25, -0.2) is 0 Å². The van der Waals surface area contributed by atoms with E-state index in [4.69, 9.17) is 10.3 Å². The summed E-state index contributed by atoms with van der Waals surface area (Å²) in [6.07, 6.45) is 9.93. The minimum atomic E-state index is -4.05. The first kappa shape index (κ1) is 26.4. The monoisotopic (exact) mass is 498 g/mol. The predicted molar refractivity (Wildman–Crippen MR) is 132 cm³/mol. The molecule has 5 N–H and O–H groups in total. The van der Waals surface area contributed by atoms with Gasteiger partial charge >= 0.3 is 0 Å². The number of nitrogens with two attached hydrogens (primary N) is 1. The van der Waals surface area contributed by atoms with Gasteiger partial charge in [0.2, 0.25) is 5.91 Å². The topological polar surface area (TPSA) is 130 Å². The Bertz CT molecular complexity index is 865. The first-order valence-corrected chi connectivity index (χ1v) is 15.1. The molecular formula is C26H46N2O5S. The van der Waals surface area contributed by atoms with E-state index < -0.39 is 15.9 Å². The Hall–Kier alpha value is -0.700. The molecule has 1 unspecified atom stereocenters. The Morgan fingerprint density at radius 1 is 1.09 bits per heavy atom. The standard InChI is InChI=1S/C26H46N2O5S/c1-16(4-7-23(30)28-12-13-34(31,32)33)19-5-6-20-24-21(9-11-26(19,20)3)25(2)10-8-18(29)14-17(25)15-22(24)27/h16-22,24,29H,4-15,27H2,1-3H3,(H,28,30)(H,31,32,33)/t16-,17?,18-,19-,20+,21+,22+,24+,25+,26-/m1/s1. The molecule has 1 amide bonds. The van der Waals surface area contributed by atoms with Gasteiger partial charge in [-0.15, -0.1) is 0 Å². The molecule has 196 valence electrons. The zero-order valence-corrected chi connectivity index (χ0v) is 22.0. The maximum Gasteiger partial charge on any atom is 0.266 e. The highest BCUT2D eigenvalue weighted by atomic mass is 32.2. The van der Waals surface area contributed by atoms with E-state index in [0.717, 1.165) is 32.1 Å². The van der Waals surface area contributed by atoms with E-state index in [-0.39, 0.29) is 30.0 Å². The molecule has 0 spiro atoms. The lowest BCUT2D eigenvalue weighted by Gasteiger charge is -2.63. The smallest absolute Gasteiger partial charge is 0.266 e. The lowest BCUT2D eigenvalue weighted by Crippen LogP contribution is -2.60. The van der Waals surface area contributed by atoms with Crippen LogP contribution < -0.4 is 11.1 Å². The minimum Gasteiger partial charge on any atom is -0.393 e. The van der Waals surface area contributed by atoms with Gasteiger partial charge in [-0.05, 0) is 104 Å². The Balaban J connectivity index is 1.39. The van der Waals surface area contributed by atoms with Crippen LogP contribution in [0.5, 0.6) is 0 Å². The van der Waals surface area contributed by atoms with Gasteiger partial charge in [0.25, 0.3) is 10.1 Å². The maximum absolute atomic E-state index is 12.2. The number of hydrogen-bond acceptors (Lipinski definition) is 5. The molecule has 0 radical (unpaired) electrons. The number of carbonyl (C=O) groups excluding carboxylic acids is 1. The number of fused-ring (bicyclic) bond motifs is 5. The second kappa shape index (κ2) is 9.64. The average Bonchev–Trinajstić information content (AvgIpc) is 3.09. The van der Waals surface area contributed by atoms with E-state index in [1.165, 1.54) is 25.7 Å². The summed E-state index contributed by atoms with van der Waals surface area (Å²) in [5, 5.41) is 12.9. The lowest BCUT2D eigenvalue weighted by molar-refractivity contribution is -0.137. The minimum absolute atomic E-state index is 0.0486. The normalized spacial score (nSPS) is 45.1. The number of amides is 1. The number of nitrogens with one attached hydrogen (secondary N) is 1. The van der Waals surface area contributed by atoms with E-state index in [2.05, 4.69) is 26.1 Å². The molecule has 0 aromatic carbocycles. The van der Waals surface area contributed by atoms with Gasteiger partial charge in [-0.3, -0.25) is 9.35 Å². The van der Waals surface area contributed by atoms with E-state index in [1.807, 2.05) is 0 Å². The SMILES string of the molecule is C[C@H](CCC(=O)NCCS(=O)(=O)O)[C@H]1CC[C@H]2[C@@H]3[C@@H](N)CC4C[C@H](O)CC[C@]4(C)[C@H]3CC[C@]12C. The van der Waals surface area contributed by atoms with Crippen LogP contribution in [0.3, 0.4) is 0 Å². The highest BCUT2D eigenvalue weighted by molar-refractivity contribution is 7.85. The summed E-state index contributed by atoms with van der Waals surface area (Å²) in [4.78, 5) is 12.2. The molecule has 0 aromatic rings. The van der Waals surface area contributed by atoms with Crippen LogP contribution in [-0.4, -0.2) is 48.4 Å². The van der Waals surface area contributed by atoms with Crippen LogP contribution >= 0.6 is 0 Å². The fourth-order valence-electron chi connectivity index (χ4n) is 9.24. The predicted octanol–water partition coefficient (Wildman–Crippen LogP) is 3.36. The summed E-state index contributed by atoms with van der Waals surface area (Å²) in [5.74, 6) is 2.83. The summed E-state index contributed by atoms with van der Waals surface area (Å²) in [7, 11) is -4.05. The van der Waals surface area contributed by atoms with E-state index in [0.29, 0.717) is 47.3 Å². The molecule has 0 saturated heterocycles. The van der Waals surface area contributed by atoms with Gasteiger partial charge in [0.15, 0.2) is 0 Å². The number of aliphatic hydroxyl groups excluding tert-OH is 1. The van der Waals surface area contributed by atoms with Crippen molar-refractivity contribution in [2.45, 2.75) is 97.1 Å². The molecule has 4 rings (SSSR count). The summed E-state index contributed by atoms with van der Waals surface area (Å²) in [6.45, 7) is 7.20. The van der Waals surface area contributed by atoms with Crippen LogP contribution in [-0.2, 0) is 14.9 Å². The Morgan fingerprint density at radius 2 is 1.76 bits per heavy atom. The summed E-state index contributed by atoms with van der Waals surface area (Å²) in [6, 6.07) is 0.223. The Labute approximate surface area is 205 Å². The number of hydrogen-bond donors (Lipinski definition) is 4. The van der Waals surface area contributed by atoms with Gasteiger partial charge in [0.05, 0.1) is 11.9 Å². The molecular weight excluding hydrogens is 452 g/mol. The third-order valence-electron chi connectivity index (χ3n) is 11.0. The zero-order valence-electron chi connectivity index (χ0n) is 21.2. The number of aliphatic hydroxyl groups is 1. The van der Waals surface area contributed by atoms with E-state index in [9.17, 15) is 18.3 Å². The van der Waals surface area contributed by atoms with Crippen molar-refractivity contribution in [3.63, 3.8) is 0 Å². The zero-order chi connectivity index (χ0) is 24.9. The molecule has 8 heteroatoms. The maximum atomic E-state index is 12.2. The van der Waals surface area contributed by atoms with Crippen molar-refractivity contribution in [3.8, 4) is 0 Å². The third kappa shape index (κ3) is 4.94. The summed E-state index contributed by atoms with van der Waals surface area (Å²) >= 11 is 0. The number of carbonyl (C=O) groups is 1. The van der Waals surface area contributed by atoms with Crippen molar-refractivity contribution in [2.75, 3.05) is 12.3 Å². The van der Waals surface area contributed by atoms with E-state index in [1.54, 1.807) is 0 Å². The second-order valence-electron chi connectivity index (χ2n) is 12.7. The molecule has 0 bridgehead atoms. The van der Waals surface area contributed by atoms with Gasteiger partial charge in [-0.2, -0.15) is 8.42 Å². The molecule has 4 fully saturated rings. The van der Waals surface area contributed by atoms with Crippen molar-refractivity contribution in [2.24, 2.45) is 52.1 Å². The first-order chi connectivity index (χ1) is 15.8. The third-order valence-corrected chi connectivity index (χ3v) is 11.7.